The maximum atomic E-state index is 12.2. The van der Waals surface area contributed by atoms with Gasteiger partial charge in [0.25, 0.3) is 0 Å². The molecule has 1 saturated carbocycles. The Bertz CT molecular complexity index is 889. The topological polar surface area (TPSA) is 84.5 Å². The van der Waals surface area contributed by atoms with Crippen LogP contribution in [0.5, 0.6) is 11.5 Å². The summed E-state index contributed by atoms with van der Waals surface area (Å²) in [6, 6.07) is 15.0. The van der Waals surface area contributed by atoms with E-state index < -0.39 is 6.09 Å². The van der Waals surface area contributed by atoms with Crippen molar-refractivity contribution in [3.8, 4) is 11.5 Å². The Morgan fingerprint density at radius 3 is 1.86 bits per heavy atom. The van der Waals surface area contributed by atoms with Crippen molar-refractivity contribution in [3.05, 3.63) is 59.7 Å². The first kappa shape index (κ1) is 26.8. The highest BCUT2D eigenvalue weighted by atomic mass is 16.6. The van der Waals surface area contributed by atoms with E-state index in [1.165, 1.54) is 0 Å². The third kappa shape index (κ3) is 7.10. The van der Waals surface area contributed by atoms with Gasteiger partial charge in [0, 0.05) is 21.3 Å². The molecular formula is C27H37NO7. The molecule has 192 valence electrons. The fraction of sp³-hybridized carbons (Fsp3) is 0.519. The highest BCUT2D eigenvalue weighted by molar-refractivity contribution is 5.68. The molecule has 0 spiro atoms. The number of hydrogen-bond acceptors (Lipinski definition) is 7. The standard InChI is InChI=1S/C27H37NO7/c1-6-34-27(29)28-25(19-7-11-21(30-2)12-8-19)20-9-13-22(14-10-20)35-17-18-15-23(31-3)26(33-5)24(16-18)32-4/h7-14,18,23-26H,6,15-17H2,1-5H3,(H,28,29). The van der Waals surface area contributed by atoms with Crippen molar-refractivity contribution in [2.45, 2.75) is 44.1 Å². The average molecular weight is 488 g/mol. The van der Waals surface area contributed by atoms with Crippen LogP contribution in [0.25, 0.3) is 0 Å². The zero-order valence-corrected chi connectivity index (χ0v) is 21.2. The number of amides is 1. The van der Waals surface area contributed by atoms with Gasteiger partial charge in [-0.25, -0.2) is 4.79 Å². The van der Waals surface area contributed by atoms with E-state index in [-0.39, 0.29) is 30.3 Å². The van der Waals surface area contributed by atoms with Crippen LogP contribution in [0.2, 0.25) is 0 Å². The Hall–Kier alpha value is -2.81. The number of hydrogen-bond donors (Lipinski definition) is 1. The zero-order valence-electron chi connectivity index (χ0n) is 21.2. The molecular weight excluding hydrogens is 450 g/mol. The maximum Gasteiger partial charge on any atom is 0.407 e. The fourth-order valence-corrected chi connectivity index (χ4v) is 4.58. The van der Waals surface area contributed by atoms with E-state index in [4.69, 9.17) is 28.4 Å². The lowest BCUT2D eigenvalue weighted by Gasteiger charge is -2.39. The van der Waals surface area contributed by atoms with Gasteiger partial charge in [0.1, 0.15) is 17.6 Å². The zero-order chi connectivity index (χ0) is 25.2. The van der Waals surface area contributed by atoms with Gasteiger partial charge in [-0.15, -0.1) is 0 Å². The third-order valence-electron chi connectivity index (χ3n) is 6.43. The van der Waals surface area contributed by atoms with Gasteiger partial charge >= 0.3 is 6.09 Å². The summed E-state index contributed by atoms with van der Waals surface area (Å²) in [4.78, 5) is 12.2. The summed E-state index contributed by atoms with van der Waals surface area (Å²) < 4.78 is 33.4. The predicted molar refractivity (Wildman–Crippen MR) is 132 cm³/mol. The highest BCUT2D eigenvalue weighted by Crippen LogP contribution is 2.31. The first-order valence-electron chi connectivity index (χ1n) is 11.9. The minimum absolute atomic E-state index is 0.0334. The van der Waals surface area contributed by atoms with Crippen LogP contribution in [0.3, 0.4) is 0 Å². The van der Waals surface area contributed by atoms with Crippen LogP contribution < -0.4 is 14.8 Å². The number of alkyl carbamates (subject to hydrolysis) is 1. The molecule has 1 aliphatic carbocycles. The summed E-state index contributed by atoms with van der Waals surface area (Å²) in [6.07, 6.45) is 1.07. The van der Waals surface area contributed by atoms with Gasteiger partial charge in [0.15, 0.2) is 0 Å². The number of carbonyl (C=O) groups is 1. The lowest BCUT2D eigenvalue weighted by atomic mass is 9.83. The molecule has 3 unspecified atom stereocenters. The largest absolute Gasteiger partial charge is 0.497 e. The van der Waals surface area contributed by atoms with E-state index in [9.17, 15) is 4.79 Å². The summed E-state index contributed by atoms with van der Waals surface area (Å²) in [5.74, 6) is 1.79. The molecule has 1 fully saturated rings. The molecule has 2 aromatic rings. The molecule has 1 amide bonds. The van der Waals surface area contributed by atoms with Gasteiger partial charge in [-0.2, -0.15) is 0 Å². The number of ether oxygens (including phenoxy) is 6. The molecule has 0 heterocycles. The van der Waals surface area contributed by atoms with Crippen molar-refractivity contribution >= 4 is 6.09 Å². The molecule has 1 aliphatic rings. The summed E-state index contributed by atoms with van der Waals surface area (Å²) in [5.41, 5.74) is 1.83. The Kier molecular flexibility index (Phi) is 10.2. The van der Waals surface area contributed by atoms with Crippen molar-refractivity contribution in [1.29, 1.82) is 0 Å². The summed E-state index contributed by atoms with van der Waals surface area (Å²) in [7, 11) is 6.72. The second-order valence-corrected chi connectivity index (χ2v) is 8.54. The van der Waals surface area contributed by atoms with Crippen LogP contribution in [-0.4, -0.2) is 66.1 Å². The van der Waals surface area contributed by atoms with E-state index in [1.54, 1.807) is 35.4 Å². The van der Waals surface area contributed by atoms with Gasteiger partial charge < -0.3 is 33.7 Å². The van der Waals surface area contributed by atoms with Gasteiger partial charge in [0.05, 0.1) is 38.6 Å². The molecule has 0 bridgehead atoms. The predicted octanol–water partition coefficient (Wildman–Crippen LogP) is 4.36. The second kappa shape index (κ2) is 13.3. The van der Waals surface area contributed by atoms with Crippen molar-refractivity contribution in [2.24, 2.45) is 5.92 Å². The van der Waals surface area contributed by atoms with Gasteiger partial charge in [-0.3, -0.25) is 0 Å². The molecule has 0 aliphatic heterocycles. The lowest BCUT2D eigenvalue weighted by Crippen LogP contribution is -2.48. The third-order valence-corrected chi connectivity index (χ3v) is 6.43. The van der Waals surface area contributed by atoms with Crippen molar-refractivity contribution < 1.29 is 33.2 Å². The minimum Gasteiger partial charge on any atom is -0.497 e. The number of carbonyl (C=O) groups excluding carboxylic acids is 1. The van der Waals surface area contributed by atoms with E-state index in [0.717, 1.165) is 35.5 Å². The number of rotatable bonds is 11. The number of nitrogens with one attached hydrogen (secondary N) is 1. The lowest BCUT2D eigenvalue weighted by molar-refractivity contribution is -0.143. The summed E-state index contributed by atoms with van der Waals surface area (Å²) >= 11 is 0. The van der Waals surface area contributed by atoms with Gasteiger partial charge in [-0.1, -0.05) is 24.3 Å². The smallest absolute Gasteiger partial charge is 0.407 e. The van der Waals surface area contributed by atoms with Crippen LogP contribution in [-0.2, 0) is 18.9 Å². The molecule has 3 atom stereocenters. The minimum atomic E-state index is -0.472. The van der Waals surface area contributed by atoms with E-state index in [0.29, 0.717) is 13.2 Å². The quantitative estimate of drug-likeness (QED) is 0.504. The molecule has 0 aromatic heterocycles. The summed E-state index contributed by atoms with van der Waals surface area (Å²) in [5, 5.41) is 2.94. The summed E-state index contributed by atoms with van der Waals surface area (Å²) in [6.45, 7) is 2.63. The fourth-order valence-electron chi connectivity index (χ4n) is 4.58. The van der Waals surface area contributed by atoms with Crippen molar-refractivity contribution in [1.82, 2.24) is 5.32 Å². The molecule has 8 nitrogen and oxygen atoms in total. The number of methoxy groups -OCH3 is 4. The van der Waals surface area contributed by atoms with Crippen LogP contribution in [0.15, 0.2) is 48.5 Å². The Labute approximate surface area is 207 Å². The van der Waals surface area contributed by atoms with Gasteiger partial charge in [-0.05, 0) is 61.1 Å². The van der Waals surface area contributed by atoms with E-state index in [2.05, 4.69) is 5.32 Å². The number of benzene rings is 2. The first-order chi connectivity index (χ1) is 17.0. The Balaban J connectivity index is 1.68. The Morgan fingerprint density at radius 1 is 0.857 bits per heavy atom. The monoisotopic (exact) mass is 487 g/mol. The SMILES string of the molecule is CCOC(=O)NC(c1ccc(OC)cc1)c1ccc(OCC2CC(OC)C(OC)C(OC)C2)cc1. The van der Waals surface area contributed by atoms with Crippen LogP contribution in [0.4, 0.5) is 4.79 Å². The molecule has 8 heteroatoms. The molecule has 2 aromatic carbocycles. The van der Waals surface area contributed by atoms with Crippen LogP contribution in [0, 0.1) is 5.92 Å². The van der Waals surface area contributed by atoms with Crippen molar-refractivity contribution in [2.75, 3.05) is 41.7 Å². The second-order valence-electron chi connectivity index (χ2n) is 8.54. The van der Waals surface area contributed by atoms with Gasteiger partial charge in [0.2, 0.25) is 0 Å². The average Bonchev–Trinajstić information content (AvgIpc) is 2.90. The van der Waals surface area contributed by atoms with Crippen molar-refractivity contribution in [3.63, 3.8) is 0 Å². The Morgan fingerprint density at radius 2 is 1.40 bits per heavy atom. The molecule has 35 heavy (non-hydrogen) atoms. The molecule has 0 radical (unpaired) electrons. The highest BCUT2D eigenvalue weighted by Gasteiger charge is 2.38. The molecule has 3 rings (SSSR count). The molecule has 1 N–H and O–H groups in total. The normalized spacial score (nSPS) is 22.8. The maximum absolute atomic E-state index is 12.2. The van der Waals surface area contributed by atoms with E-state index >= 15 is 0 Å². The molecule has 0 saturated heterocycles. The van der Waals surface area contributed by atoms with E-state index in [1.807, 2.05) is 48.5 Å². The van der Waals surface area contributed by atoms with Crippen LogP contribution in [0.1, 0.15) is 36.9 Å². The first-order valence-corrected chi connectivity index (χ1v) is 11.9. The van der Waals surface area contributed by atoms with Crippen LogP contribution >= 0.6 is 0 Å².